The molecule has 0 bridgehead atoms. The monoisotopic (exact) mass is 255 g/mol. The van der Waals surface area contributed by atoms with Crippen LogP contribution in [-0.2, 0) is 9.59 Å². The lowest BCUT2D eigenvalue weighted by Crippen LogP contribution is -2.42. The third kappa shape index (κ3) is 5.07. The number of piperidine rings is 1. The summed E-state index contributed by atoms with van der Waals surface area (Å²) in [5.41, 5.74) is 0. The predicted octanol–water partition coefficient (Wildman–Crippen LogP) is 2.67. The van der Waals surface area contributed by atoms with E-state index in [1.807, 2.05) is 0 Å². The summed E-state index contributed by atoms with van der Waals surface area (Å²) in [5.74, 6) is -0.990. The van der Waals surface area contributed by atoms with Crippen LogP contribution in [-0.4, -0.2) is 35.0 Å². The Morgan fingerprint density at radius 3 is 2.61 bits per heavy atom. The Labute approximate surface area is 109 Å². The van der Waals surface area contributed by atoms with E-state index in [1.54, 1.807) is 4.90 Å². The second-order valence-corrected chi connectivity index (χ2v) is 5.18. The van der Waals surface area contributed by atoms with E-state index < -0.39 is 5.97 Å². The first kappa shape index (κ1) is 15.0. The van der Waals surface area contributed by atoms with Gasteiger partial charge in [0.2, 0.25) is 5.91 Å². The van der Waals surface area contributed by atoms with Gasteiger partial charge in [0.05, 0.1) is 5.92 Å². The zero-order valence-corrected chi connectivity index (χ0v) is 11.4. The van der Waals surface area contributed by atoms with E-state index >= 15 is 0 Å². The van der Waals surface area contributed by atoms with Gasteiger partial charge in [0.1, 0.15) is 0 Å². The highest BCUT2D eigenvalue weighted by atomic mass is 16.4. The maximum atomic E-state index is 11.9. The predicted molar refractivity (Wildman–Crippen MR) is 70.3 cm³/mol. The zero-order chi connectivity index (χ0) is 13.4. The van der Waals surface area contributed by atoms with Gasteiger partial charge in [-0.05, 0) is 19.3 Å². The van der Waals surface area contributed by atoms with Crippen LogP contribution < -0.4 is 0 Å². The molecule has 1 heterocycles. The third-order valence-corrected chi connectivity index (χ3v) is 3.62. The van der Waals surface area contributed by atoms with Crippen LogP contribution in [0, 0.1) is 5.92 Å². The van der Waals surface area contributed by atoms with Crippen molar-refractivity contribution in [1.29, 1.82) is 0 Å². The molecule has 1 atom stereocenters. The zero-order valence-electron chi connectivity index (χ0n) is 11.4. The Hall–Kier alpha value is -1.06. The molecule has 1 amide bonds. The average molecular weight is 255 g/mol. The second-order valence-electron chi connectivity index (χ2n) is 5.18. The molecule has 0 radical (unpaired) electrons. The molecule has 0 aliphatic carbocycles. The molecule has 1 unspecified atom stereocenters. The number of carbonyl (C=O) groups is 2. The molecular formula is C14H25NO3. The van der Waals surface area contributed by atoms with E-state index in [0.29, 0.717) is 19.4 Å². The van der Waals surface area contributed by atoms with E-state index in [-0.39, 0.29) is 11.8 Å². The lowest BCUT2D eigenvalue weighted by molar-refractivity contribution is -0.145. The molecule has 0 saturated carbocycles. The molecule has 4 heteroatoms. The highest BCUT2D eigenvalue weighted by Crippen LogP contribution is 2.18. The van der Waals surface area contributed by atoms with Crippen molar-refractivity contribution < 1.29 is 14.7 Å². The Kier molecular flexibility index (Phi) is 6.76. The van der Waals surface area contributed by atoms with E-state index in [0.717, 1.165) is 25.8 Å². The number of amides is 1. The summed E-state index contributed by atoms with van der Waals surface area (Å²) in [4.78, 5) is 24.6. The van der Waals surface area contributed by atoms with Crippen molar-refractivity contribution in [2.45, 2.75) is 58.3 Å². The molecule has 1 N–H and O–H groups in total. The average Bonchev–Trinajstić information content (AvgIpc) is 2.38. The van der Waals surface area contributed by atoms with Gasteiger partial charge in [0.25, 0.3) is 0 Å². The molecule has 0 aromatic heterocycles. The number of carboxylic acids is 1. The molecule has 1 rings (SSSR count). The van der Waals surface area contributed by atoms with Crippen LogP contribution in [0.1, 0.15) is 58.3 Å². The highest BCUT2D eigenvalue weighted by Gasteiger charge is 2.27. The van der Waals surface area contributed by atoms with E-state index in [1.165, 1.54) is 19.3 Å². The summed E-state index contributed by atoms with van der Waals surface area (Å²) in [6.07, 6.45) is 7.79. The number of hydrogen-bond donors (Lipinski definition) is 1. The van der Waals surface area contributed by atoms with Gasteiger partial charge in [-0.3, -0.25) is 9.59 Å². The van der Waals surface area contributed by atoms with Crippen molar-refractivity contribution in [1.82, 2.24) is 4.90 Å². The first-order valence-electron chi connectivity index (χ1n) is 7.15. The number of hydrogen-bond acceptors (Lipinski definition) is 2. The molecule has 18 heavy (non-hydrogen) atoms. The smallest absolute Gasteiger partial charge is 0.308 e. The molecule has 0 spiro atoms. The first-order chi connectivity index (χ1) is 8.65. The second kappa shape index (κ2) is 8.11. The fourth-order valence-electron chi connectivity index (χ4n) is 2.44. The minimum absolute atomic E-state index is 0.137. The number of nitrogens with zero attached hydrogens (tertiary/aromatic N) is 1. The van der Waals surface area contributed by atoms with Crippen molar-refractivity contribution in [3.8, 4) is 0 Å². The number of carbonyl (C=O) groups excluding carboxylic acids is 1. The molecule has 1 aliphatic rings. The van der Waals surface area contributed by atoms with Gasteiger partial charge < -0.3 is 10.0 Å². The van der Waals surface area contributed by atoms with Crippen LogP contribution in [0.2, 0.25) is 0 Å². The van der Waals surface area contributed by atoms with Gasteiger partial charge in [-0.2, -0.15) is 0 Å². The number of carboxylic acid groups (broad SMARTS) is 1. The Balaban J connectivity index is 2.22. The van der Waals surface area contributed by atoms with Gasteiger partial charge in [-0.25, -0.2) is 0 Å². The van der Waals surface area contributed by atoms with Gasteiger partial charge in [-0.1, -0.05) is 32.6 Å². The summed E-state index contributed by atoms with van der Waals surface area (Å²) in [7, 11) is 0. The summed E-state index contributed by atoms with van der Waals surface area (Å²) in [5, 5.41) is 8.97. The van der Waals surface area contributed by atoms with Crippen LogP contribution in [0.5, 0.6) is 0 Å². The SMILES string of the molecule is CCCCCCCC(=O)N1CCCC(C(=O)O)C1. The van der Waals surface area contributed by atoms with Crippen LogP contribution >= 0.6 is 0 Å². The lowest BCUT2D eigenvalue weighted by Gasteiger charge is -2.30. The topological polar surface area (TPSA) is 57.6 Å². The van der Waals surface area contributed by atoms with Crippen molar-refractivity contribution >= 4 is 11.9 Å². The van der Waals surface area contributed by atoms with Gasteiger partial charge in [-0.15, -0.1) is 0 Å². The highest BCUT2D eigenvalue weighted by molar-refractivity contribution is 5.78. The fraction of sp³-hybridized carbons (Fsp3) is 0.857. The normalized spacial score (nSPS) is 19.8. The summed E-state index contributed by atoms with van der Waals surface area (Å²) >= 11 is 0. The Morgan fingerprint density at radius 2 is 1.94 bits per heavy atom. The quantitative estimate of drug-likeness (QED) is 0.711. The molecular weight excluding hydrogens is 230 g/mol. The summed E-state index contributed by atoms with van der Waals surface area (Å²) in [6.45, 7) is 3.31. The number of aliphatic carboxylic acids is 1. The molecule has 4 nitrogen and oxygen atoms in total. The third-order valence-electron chi connectivity index (χ3n) is 3.62. The van der Waals surface area contributed by atoms with E-state index in [4.69, 9.17) is 5.11 Å². The van der Waals surface area contributed by atoms with Crippen LogP contribution in [0.3, 0.4) is 0 Å². The Morgan fingerprint density at radius 1 is 1.22 bits per heavy atom. The van der Waals surface area contributed by atoms with Gasteiger partial charge >= 0.3 is 5.97 Å². The van der Waals surface area contributed by atoms with E-state index in [2.05, 4.69) is 6.92 Å². The van der Waals surface area contributed by atoms with E-state index in [9.17, 15) is 9.59 Å². The Bertz CT molecular complexity index is 278. The standard InChI is InChI=1S/C14H25NO3/c1-2-3-4-5-6-9-13(16)15-10-7-8-12(11-15)14(17)18/h12H,2-11H2,1H3,(H,17,18). The molecule has 0 aromatic carbocycles. The van der Waals surface area contributed by atoms with Crippen molar-refractivity contribution in [2.75, 3.05) is 13.1 Å². The minimum Gasteiger partial charge on any atom is -0.481 e. The number of unbranched alkanes of at least 4 members (excludes halogenated alkanes) is 4. The van der Waals surface area contributed by atoms with Crippen molar-refractivity contribution in [2.24, 2.45) is 5.92 Å². The summed E-state index contributed by atoms with van der Waals surface area (Å²) in [6, 6.07) is 0. The first-order valence-corrected chi connectivity index (χ1v) is 7.15. The maximum Gasteiger partial charge on any atom is 0.308 e. The molecule has 1 aliphatic heterocycles. The largest absolute Gasteiger partial charge is 0.481 e. The molecule has 0 aromatic rings. The van der Waals surface area contributed by atoms with Crippen LogP contribution in [0.4, 0.5) is 0 Å². The number of likely N-dealkylation sites (tertiary alicyclic amines) is 1. The molecule has 104 valence electrons. The molecule has 1 saturated heterocycles. The van der Waals surface area contributed by atoms with Crippen molar-refractivity contribution in [3.05, 3.63) is 0 Å². The molecule has 1 fully saturated rings. The van der Waals surface area contributed by atoms with Crippen LogP contribution in [0.15, 0.2) is 0 Å². The lowest BCUT2D eigenvalue weighted by atomic mass is 9.98. The van der Waals surface area contributed by atoms with Crippen molar-refractivity contribution in [3.63, 3.8) is 0 Å². The number of rotatable bonds is 7. The summed E-state index contributed by atoms with van der Waals surface area (Å²) < 4.78 is 0. The maximum absolute atomic E-state index is 11.9. The van der Waals surface area contributed by atoms with Crippen LogP contribution in [0.25, 0.3) is 0 Å². The fourth-order valence-corrected chi connectivity index (χ4v) is 2.44. The van der Waals surface area contributed by atoms with Gasteiger partial charge in [0.15, 0.2) is 0 Å². The van der Waals surface area contributed by atoms with Gasteiger partial charge in [0, 0.05) is 19.5 Å². The minimum atomic E-state index is -0.768.